The predicted molar refractivity (Wildman–Crippen MR) is 71.2 cm³/mol. The maximum absolute atomic E-state index is 11.3. The Morgan fingerprint density at radius 3 is 2.60 bits per heavy atom. The van der Waals surface area contributed by atoms with Crippen molar-refractivity contribution in [3.63, 3.8) is 0 Å². The summed E-state index contributed by atoms with van der Waals surface area (Å²) in [5, 5.41) is 8.56. The number of aryl methyl sites for hydroxylation is 1. The molecule has 20 heavy (non-hydrogen) atoms. The molecule has 0 saturated carbocycles. The van der Waals surface area contributed by atoms with Crippen molar-refractivity contribution < 1.29 is 17.7 Å². The van der Waals surface area contributed by atoms with Crippen LogP contribution in [0.4, 0.5) is 0 Å². The minimum atomic E-state index is -3.95. The van der Waals surface area contributed by atoms with Gasteiger partial charge in [-0.15, -0.1) is 0 Å². The fourth-order valence-corrected chi connectivity index (χ4v) is 2.75. The van der Waals surface area contributed by atoms with Gasteiger partial charge in [0.05, 0.1) is 10.0 Å². The number of primary sulfonamides is 1. The highest BCUT2D eigenvalue weighted by molar-refractivity contribution is 7.89. The van der Waals surface area contributed by atoms with Gasteiger partial charge in [0.15, 0.2) is 12.4 Å². The van der Waals surface area contributed by atoms with Crippen molar-refractivity contribution in [2.75, 3.05) is 0 Å². The zero-order valence-electron chi connectivity index (χ0n) is 10.1. The Morgan fingerprint density at radius 2 is 2.05 bits per heavy atom. The molecule has 0 saturated heterocycles. The van der Waals surface area contributed by atoms with E-state index >= 15 is 0 Å². The molecule has 10 heteroatoms. The maximum Gasteiger partial charge on any atom is 0.264 e. The molecule has 108 valence electrons. The molecule has 1 aromatic carbocycles. The lowest BCUT2D eigenvalue weighted by Gasteiger charge is -2.08. The van der Waals surface area contributed by atoms with Crippen LogP contribution >= 0.6 is 23.2 Å². The zero-order valence-corrected chi connectivity index (χ0v) is 12.5. The maximum atomic E-state index is 11.3. The minimum Gasteiger partial charge on any atom is -0.482 e. The number of halogens is 2. The van der Waals surface area contributed by atoms with E-state index in [9.17, 15) is 8.42 Å². The Balaban J connectivity index is 2.23. The van der Waals surface area contributed by atoms with Crippen LogP contribution in [0.3, 0.4) is 0 Å². The third-order valence-electron chi connectivity index (χ3n) is 2.21. The van der Waals surface area contributed by atoms with Crippen LogP contribution < -0.4 is 9.88 Å². The van der Waals surface area contributed by atoms with Gasteiger partial charge in [-0.2, -0.15) is 4.98 Å². The number of rotatable bonds is 4. The molecule has 0 radical (unpaired) electrons. The monoisotopic (exact) mass is 337 g/mol. The summed E-state index contributed by atoms with van der Waals surface area (Å²) in [6.45, 7) is 1.64. The molecule has 0 unspecified atom stereocenters. The topological polar surface area (TPSA) is 108 Å². The molecular formula is C10H9Cl2N3O4S. The molecule has 0 aliphatic carbocycles. The van der Waals surface area contributed by atoms with E-state index in [1.165, 1.54) is 6.07 Å². The van der Waals surface area contributed by atoms with Crippen molar-refractivity contribution in [2.24, 2.45) is 5.14 Å². The fourth-order valence-electron chi connectivity index (χ4n) is 1.38. The largest absolute Gasteiger partial charge is 0.482 e. The van der Waals surface area contributed by atoms with E-state index in [4.69, 9.17) is 37.6 Å². The Hall–Kier alpha value is -1.35. The van der Waals surface area contributed by atoms with Gasteiger partial charge in [0.2, 0.25) is 10.0 Å². The lowest BCUT2D eigenvalue weighted by Crippen LogP contribution is -2.13. The summed E-state index contributed by atoms with van der Waals surface area (Å²) in [6.07, 6.45) is 0. The first-order valence-corrected chi connectivity index (χ1v) is 7.51. The molecule has 2 rings (SSSR count). The van der Waals surface area contributed by atoms with Gasteiger partial charge in [-0.1, -0.05) is 28.4 Å². The molecule has 1 heterocycles. The van der Waals surface area contributed by atoms with E-state index in [2.05, 4.69) is 10.1 Å². The van der Waals surface area contributed by atoms with Crippen LogP contribution in [0.5, 0.6) is 5.75 Å². The number of benzene rings is 1. The van der Waals surface area contributed by atoms with Crippen LogP contribution in [0, 0.1) is 6.92 Å². The highest BCUT2D eigenvalue weighted by atomic mass is 35.5. The van der Waals surface area contributed by atoms with Gasteiger partial charge in [0.1, 0.15) is 10.6 Å². The number of hydrogen-bond donors (Lipinski definition) is 1. The second-order valence-electron chi connectivity index (χ2n) is 3.78. The summed E-state index contributed by atoms with van der Waals surface area (Å²) >= 11 is 11.7. The number of sulfonamides is 1. The third-order valence-corrected chi connectivity index (χ3v) is 3.88. The van der Waals surface area contributed by atoms with E-state index in [-0.39, 0.29) is 33.2 Å². The Bertz CT molecular complexity index is 745. The SMILES string of the molecule is Cc1noc(COc2cc(Cl)c(S(N)(=O)=O)cc2Cl)n1. The fraction of sp³-hybridized carbons (Fsp3) is 0.200. The molecule has 0 spiro atoms. The lowest BCUT2D eigenvalue weighted by atomic mass is 10.3. The van der Waals surface area contributed by atoms with E-state index in [1.807, 2.05) is 0 Å². The van der Waals surface area contributed by atoms with Gasteiger partial charge < -0.3 is 9.26 Å². The van der Waals surface area contributed by atoms with E-state index in [0.29, 0.717) is 5.82 Å². The highest BCUT2D eigenvalue weighted by Crippen LogP contribution is 2.33. The molecule has 2 N–H and O–H groups in total. The van der Waals surface area contributed by atoms with Crippen LogP contribution in [0.2, 0.25) is 10.0 Å². The van der Waals surface area contributed by atoms with Crippen LogP contribution in [0.15, 0.2) is 21.6 Å². The second-order valence-corrected chi connectivity index (χ2v) is 6.13. The molecule has 0 aliphatic rings. The lowest BCUT2D eigenvalue weighted by molar-refractivity contribution is 0.242. The van der Waals surface area contributed by atoms with Crippen LogP contribution in [-0.4, -0.2) is 18.6 Å². The Morgan fingerprint density at radius 1 is 1.35 bits per heavy atom. The molecule has 1 aromatic heterocycles. The third kappa shape index (κ3) is 3.40. The minimum absolute atomic E-state index is 0.0222. The van der Waals surface area contributed by atoms with Crippen molar-refractivity contribution in [3.8, 4) is 5.75 Å². The summed E-state index contributed by atoms with van der Waals surface area (Å²) in [6, 6.07) is 2.38. The van der Waals surface area contributed by atoms with E-state index in [0.717, 1.165) is 6.07 Å². The average molecular weight is 338 g/mol. The zero-order chi connectivity index (χ0) is 14.9. The van der Waals surface area contributed by atoms with Crippen molar-refractivity contribution in [1.29, 1.82) is 0 Å². The summed E-state index contributed by atoms with van der Waals surface area (Å²) < 4.78 is 32.7. The Kier molecular flexibility index (Phi) is 4.19. The highest BCUT2D eigenvalue weighted by Gasteiger charge is 2.17. The molecule has 2 aromatic rings. The molecule has 0 amide bonds. The molecule has 0 aliphatic heterocycles. The van der Waals surface area contributed by atoms with Crippen LogP contribution in [-0.2, 0) is 16.6 Å². The van der Waals surface area contributed by atoms with Crippen molar-refractivity contribution in [2.45, 2.75) is 18.4 Å². The Labute approximate surface area is 124 Å². The standard InChI is InChI=1S/C10H9Cl2N3O4S/c1-5-14-10(19-15-5)4-18-8-2-7(12)9(3-6(8)11)20(13,16)17/h2-3H,4H2,1H3,(H2,13,16,17). The first-order chi connectivity index (χ1) is 9.27. The number of nitrogens with two attached hydrogens (primary N) is 1. The molecule has 0 bridgehead atoms. The number of nitrogens with zero attached hydrogens (tertiary/aromatic N) is 2. The predicted octanol–water partition coefficient (Wildman–Crippen LogP) is 1.91. The normalized spacial score (nSPS) is 11.6. The van der Waals surface area contributed by atoms with Crippen molar-refractivity contribution in [1.82, 2.24) is 10.1 Å². The number of aromatic nitrogens is 2. The van der Waals surface area contributed by atoms with Gasteiger partial charge >= 0.3 is 0 Å². The van der Waals surface area contributed by atoms with Crippen LogP contribution in [0.1, 0.15) is 11.7 Å². The van der Waals surface area contributed by atoms with Crippen LogP contribution in [0.25, 0.3) is 0 Å². The van der Waals surface area contributed by atoms with E-state index in [1.54, 1.807) is 6.92 Å². The van der Waals surface area contributed by atoms with E-state index < -0.39 is 10.0 Å². The molecule has 7 nitrogen and oxygen atoms in total. The first-order valence-electron chi connectivity index (χ1n) is 5.21. The smallest absolute Gasteiger partial charge is 0.264 e. The summed E-state index contributed by atoms with van der Waals surface area (Å²) in [5.74, 6) is 0.905. The summed E-state index contributed by atoms with van der Waals surface area (Å²) in [4.78, 5) is 3.67. The number of ether oxygens (including phenoxy) is 1. The van der Waals surface area contributed by atoms with Gasteiger partial charge in [0, 0.05) is 6.07 Å². The first kappa shape index (κ1) is 15.0. The molecular weight excluding hydrogens is 329 g/mol. The quantitative estimate of drug-likeness (QED) is 0.912. The molecule has 0 atom stereocenters. The van der Waals surface area contributed by atoms with Gasteiger partial charge in [-0.25, -0.2) is 13.6 Å². The summed E-state index contributed by atoms with van der Waals surface area (Å²) in [7, 11) is -3.95. The van der Waals surface area contributed by atoms with Crippen molar-refractivity contribution >= 4 is 33.2 Å². The second kappa shape index (κ2) is 5.57. The van der Waals surface area contributed by atoms with Gasteiger partial charge in [0.25, 0.3) is 5.89 Å². The van der Waals surface area contributed by atoms with Crippen molar-refractivity contribution in [3.05, 3.63) is 33.9 Å². The van der Waals surface area contributed by atoms with Gasteiger partial charge in [-0.3, -0.25) is 0 Å². The number of hydrogen-bond acceptors (Lipinski definition) is 6. The molecule has 0 fully saturated rings. The summed E-state index contributed by atoms with van der Waals surface area (Å²) in [5.41, 5.74) is 0. The van der Waals surface area contributed by atoms with Gasteiger partial charge in [-0.05, 0) is 13.0 Å². The average Bonchev–Trinajstić information content (AvgIpc) is 2.74.